The number of halogens is 1. The van der Waals surface area contributed by atoms with Gasteiger partial charge in [-0.2, -0.15) is 5.10 Å². The molecule has 1 heterocycles. The average molecular weight is 291 g/mol. The third-order valence-electron chi connectivity index (χ3n) is 3.30. The summed E-state index contributed by atoms with van der Waals surface area (Å²) in [6.07, 6.45) is 2.67. The number of rotatable bonds is 2. The Balaban J connectivity index is 2.12. The van der Waals surface area contributed by atoms with Crippen LogP contribution < -0.4 is 0 Å². The van der Waals surface area contributed by atoms with Crippen LogP contribution in [0.4, 0.5) is 0 Å². The lowest BCUT2D eigenvalue weighted by Gasteiger charge is -2.09. The highest BCUT2D eigenvalue weighted by atomic mass is 79.9. The summed E-state index contributed by atoms with van der Waals surface area (Å²) in [6, 6.07) is 8.78. The lowest BCUT2D eigenvalue weighted by atomic mass is 10.1. The molecule has 0 saturated heterocycles. The molecule has 17 heavy (non-hydrogen) atoms. The number of nitrogens with zero attached hydrogens (tertiary/aromatic N) is 2. The molecule has 0 atom stereocenters. The first-order valence-electron chi connectivity index (χ1n) is 5.98. The second-order valence-electron chi connectivity index (χ2n) is 4.84. The molecular weight excluding hydrogens is 276 g/mol. The van der Waals surface area contributed by atoms with E-state index in [0.29, 0.717) is 0 Å². The Morgan fingerprint density at radius 1 is 1.24 bits per heavy atom. The Hall–Kier alpha value is -1.09. The normalized spacial score (nSPS) is 15.2. The molecule has 2 aromatic rings. The van der Waals surface area contributed by atoms with Crippen LogP contribution >= 0.6 is 15.9 Å². The van der Waals surface area contributed by atoms with Crippen molar-refractivity contribution in [2.24, 2.45) is 0 Å². The number of aromatic nitrogens is 2. The summed E-state index contributed by atoms with van der Waals surface area (Å²) in [5.41, 5.74) is 4.94. The van der Waals surface area contributed by atoms with Crippen molar-refractivity contribution < 1.29 is 0 Å². The summed E-state index contributed by atoms with van der Waals surface area (Å²) < 4.78 is 3.00. The molecule has 0 radical (unpaired) electrons. The molecule has 0 unspecified atom stereocenters. The first kappa shape index (κ1) is 11.0. The third kappa shape index (κ3) is 2.04. The minimum absolute atomic E-state index is 0.782. The highest BCUT2D eigenvalue weighted by molar-refractivity contribution is 9.10. The molecule has 1 saturated carbocycles. The highest BCUT2D eigenvalue weighted by Crippen LogP contribution is 2.41. The van der Waals surface area contributed by atoms with Crippen LogP contribution in [0.15, 0.2) is 28.9 Å². The molecule has 0 N–H and O–H groups in total. The topological polar surface area (TPSA) is 17.8 Å². The Labute approximate surface area is 110 Å². The summed E-state index contributed by atoms with van der Waals surface area (Å²) in [7, 11) is 0. The summed E-state index contributed by atoms with van der Waals surface area (Å²) >= 11 is 3.57. The van der Waals surface area contributed by atoms with E-state index < -0.39 is 0 Å². The van der Waals surface area contributed by atoms with Crippen molar-refractivity contribution >= 4 is 15.9 Å². The number of hydrogen-bond acceptors (Lipinski definition) is 1. The molecular formula is C14H15BrN2. The first-order valence-corrected chi connectivity index (χ1v) is 6.77. The van der Waals surface area contributed by atoms with Crippen molar-refractivity contribution in [3.63, 3.8) is 0 Å². The smallest absolute Gasteiger partial charge is 0.110 e. The van der Waals surface area contributed by atoms with E-state index in [1.807, 2.05) is 17.7 Å². The predicted molar refractivity (Wildman–Crippen MR) is 72.7 cm³/mol. The summed E-state index contributed by atoms with van der Waals surface area (Å²) in [5.74, 6) is 0.782. The van der Waals surface area contributed by atoms with Crippen LogP contribution in [-0.2, 0) is 0 Å². The van der Waals surface area contributed by atoms with Gasteiger partial charge in [-0.1, -0.05) is 12.1 Å². The number of aryl methyl sites for hydroxylation is 2. The van der Waals surface area contributed by atoms with E-state index in [0.717, 1.165) is 16.2 Å². The van der Waals surface area contributed by atoms with Gasteiger partial charge in [0.05, 0.1) is 11.4 Å². The fraction of sp³-hybridized carbons (Fsp3) is 0.357. The Bertz CT molecular complexity index is 568. The van der Waals surface area contributed by atoms with Gasteiger partial charge in [0.1, 0.15) is 4.60 Å². The summed E-state index contributed by atoms with van der Waals surface area (Å²) in [5, 5.41) is 4.53. The monoisotopic (exact) mass is 290 g/mol. The molecule has 1 aliphatic carbocycles. The molecule has 0 spiro atoms. The zero-order valence-electron chi connectivity index (χ0n) is 10.1. The van der Waals surface area contributed by atoms with Gasteiger partial charge in [-0.15, -0.1) is 0 Å². The average Bonchev–Trinajstić information content (AvgIpc) is 3.06. The Morgan fingerprint density at radius 2 is 2.00 bits per heavy atom. The Morgan fingerprint density at radius 3 is 2.59 bits per heavy atom. The fourth-order valence-electron chi connectivity index (χ4n) is 2.16. The highest BCUT2D eigenvalue weighted by Gasteiger charge is 2.24. The molecule has 1 aromatic heterocycles. The van der Waals surface area contributed by atoms with Gasteiger partial charge >= 0.3 is 0 Å². The van der Waals surface area contributed by atoms with E-state index >= 15 is 0 Å². The van der Waals surface area contributed by atoms with Gasteiger partial charge in [0.25, 0.3) is 0 Å². The van der Waals surface area contributed by atoms with E-state index in [1.165, 1.54) is 29.7 Å². The largest absolute Gasteiger partial charge is 0.226 e. The van der Waals surface area contributed by atoms with Gasteiger partial charge < -0.3 is 0 Å². The zero-order chi connectivity index (χ0) is 12.0. The van der Waals surface area contributed by atoms with Crippen molar-refractivity contribution in [1.82, 2.24) is 9.78 Å². The minimum Gasteiger partial charge on any atom is -0.226 e. The molecule has 0 bridgehead atoms. The second-order valence-corrected chi connectivity index (χ2v) is 5.65. The quantitative estimate of drug-likeness (QED) is 0.813. The van der Waals surface area contributed by atoms with Gasteiger partial charge in [0.15, 0.2) is 0 Å². The molecule has 1 aromatic carbocycles. The molecule has 3 rings (SSSR count). The first-order chi connectivity index (χ1) is 8.15. The predicted octanol–water partition coefficient (Wildman–Crippen LogP) is 4.13. The van der Waals surface area contributed by atoms with Crippen LogP contribution in [0.25, 0.3) is 5.69 Å². The maximum absolute atomic E-state index is 4.53. The van der Waals surface area contributed by atoms with Crippen molar-refractivity contribution in [2.45, 2.75) is 32.6 Å². The van der Waals surface area contributed by atoms with Gasteiger partial charge in [-0.25, -0.2) is 4.68 Å². The van der Waals surface area contributed by atoms with Crippen molar-refractivity contribution in [3.05, 3.63) is 45.7 Å². The number of hydrogen-bond donors (Lipinski definition) is 0. The standard InChI is InChI=1S/C14H15BrN2/c1-9-3-4-12(11-5-6-11)8-13(9)17-14(15)7-10(2)16-17/h3-4,7-8,11H,5-6H2,1-2H3. The SMILES string of the molecule is Cc1cc(Br)n(-c2cc(C3CC3)ccc2C)n1. The summed E-state index contributed by atoms with van der Waals surface area (Å²) in [6.45, 7) is 4.15. The van der Waals surface area contributed by atoms with E-state index in [4.69, 9.17) is 0 Å². The lowest BCUT2D eigenvalue weighted by Crippen LogP contribution is -2.00. The molecule has 2 nitrogen and oxygen atoms in total. The molecule has 0 amide bonds. The van der Waals surface area contributed by atoms with Crippen molar-refractivity contribution in [3.8, 4) is 5.69 Å². The molecule has 1 fully saturated rings. The molecule has 0 aliphatic heterocycles. The van der Waals surface area contributed by atoms with Gasteiger partial charge in [-0.05, 0) is 71.8 Å². The van der Waals surface area contributed by atoms with E-state index in [-0.39, 0.29) is 0 Å². The van der Waals surface area contributed by atoms with Crippen molar-refractivity contribution in [1.29, 1.82) is 0 Å². The van der Waals surface area contributed by atoms with Crippen LogP contribution in [0, 0.1) is 13.8 Å². The van der Waals surface area contributed by atoms with E-state index in [2.05, 4.69) is 46.2 Å². The van der Waals surface area contributed by atoms with Crippen LogP contribution in [0.3, 0.4) is 0 Å². The molecule has 1 aliphatic rings. The lowest BCUT2D eigenvalue weighted by molar-refractivity contribution is 0.836. The van der Waals surface area contributed by atoms with Crippen LogP contribution in [0.1, 0.15) is 35.6 Å². The molecule has 3 heteroatoms. The fourth-order valence-corrected chi connectivity index (χ4v) is 2.76. The van der Waals surface area contributed by atoms with E-state index in [9.17, 15) is 0 Å². The maximum Gasteiger partial charge on any atom is 0.110 e. The molecule has 88 valence electrons. The second kappa shape index (κ2) is 3.98. The minimum atomic E-state index is 0.782. The van der Waals surface area contributed by atoms with Gasteiger partial charge in [0.2, 0.25) is 0 Å². The van der Waals surface area contributed by atoms with Gasteiger partial charge in [-0.3, -0.25) is 0 Å². The number of benzene rings is 1. The zero-order valence-corrected chi connectivity index (χ0v) is 11.7. The maximum atomic E-state index is 4.53. The van der Waals surface area contributed by atoms with Crippen LogP contribution in [-0.4, -0.2) is 9.78 Å². The van der Waals surface area contributed by atoms with Gasteiger partial charge in [0, 0.05) is 0 Å². The Kier molecular flexibility index (Phi) is 2.58. The van der Waals surface area contributed by atoms with E-state index in [1.54, 1.807) is 0 Å². The van der Waals surface area contributed by atoms with Crippen LogP contribution in [0.5, 0.6) is 0 Å². The summed E-state index contributed by atoms with van der Waals surface area (Å²) in [4.78, 5) is 0. The third-order valence-corrected chi connectivity index (χ3v) is 3.86. The van der Waals surface area contributed by atoms with Crippen LogP contribution in [0.2, 0.25) is 0 Å². The van der Waals surface area contributed by atoms with Crippen molar-refractivity contribution in [2.75, 3.05) is 0 Å².